The van der Waals surface area contributed by atoms with E-state index in [0.29, 0.717) is 0 Å². The zero-order valence-electron chi connectivity index (χ0n) is 9.40. The molecule has 0 atom stereocenters. The largest absolute Gasteiger partial charge is 0.0795 e. The summed E-state index contributed by atoms with van der Waals surface area (Å²) < 4.78 is 0. The van der Waals surface area contributed by atoms with Gasteiger partial charge in [0.15, 0.2) is 0 Å². The average Bonchev–Trinajstić information content (AvgIpc) is 2.81. The molecule has 0 saturated heterocycles. The van der Waals surface area contributed by atoms with Crippen molar-refractivity contribution >= 4 is 6.08 Å². The number of fused-ring (bicyclic) bond motifs is 1. The monoisotopic (exact) mass is 206 g/mol. The van der Waals surface area contributed by atoms with Crippen molar-refractivity contribution in [2.45, 2.75) is 13.3 Å². The third kappa shape index (κ3) is 1.38. The molecular formula is C16H14. The normalized spacial score (nSPS) is 12.8. The van der Waals surface area contributed by atoms with E-state index in [2.05, 4.69) is 61.5 Å². The molecule has 2 aromatic rings. The highest BCUT2D eigenvalue weighted by atomic mass is 14.2. The summed E-state index contributed by atoms with van der Waals surface area (Å²) in [6.45, 7) is 2.18. The van der Waals surface area contributed by atoms with Gasteiger partial charge >= 0.3 is 0 Å². The minimum atomic E-state index is 1.07. The van der Waals surface area contributed by atoms with Crippen molar-refractivity contribution in [2.24, 2.45) is 0 Å². The fraction of sp³-hybridized carbons (Fsp3) is 0.125. The van der Waals surface area contributed by atoms with Crippen LogP contribution >= 0.6 is 0 Å². The molecule has 0 amide bonds. The minimum absolute atomic E-state index is 1.07. The molecule has 0 saturated carbocycles. The fourth-order valence-electron chi connectivity index (χ4n) is 2.42. The van der Waals surface area contributed by atoms with Gasteiger partial charge in [0.1, 0.15) is 0 Å². The van der Waals surface area contributed by atoms with Crippen LogP contribution in [0.5, 0.6) is 0 Å². The van der Waals surface area contributed by atoms with Gasteiger partial charge in [-0.2, -0.15) is 0 Å². The lowest BCUT2D eigenvalue weighted by Gasteiger charge is -2.10. The Morgan fingerprint density at radius 2 is 1.75 bits per heavy atom. The molecule has 0 heterocycles. The molecule has 3 rings (SSSR count). The molecule has 0 radical (unpaired) electrons. The van der Waals surface area contributed by atoms with E-state index in [-0.39, 0.29) is 0 Å². The Balaban J connectivity index is 2.22. The molecule has 0 N–H and O–H groups in total. The number of rotatable bonds is 1. The summed E-state index contributed by atoms with van der Waals surface area (Å²) in [6, 6.07) is 15.1. The maximum Gasteiger partial charge on any atom is -0.00819 e. The van der Waals surface area contributed by atoms with Crippen LogP contribution in [0.25, 0.3) is 17.2 Å². The van der Waals surface area contributed by atoms with Crippen LogP contribution in [0.4, 0.5) is 0 Å². The first kappa shape index (κ1) is 9.41. The van der Waals surface area contributed by atoms with Crippen molar-refractivity contribution in [3.05, 3.63) is 65.2 Å². The van der Waals surface area contributed by atoms with E-state index < -0.39 is 0 Å². The standard InChI is InChI=1S/C16H14/c1-12-10-11-15(13-6-3-2-4-7-13)16-9-5-8-14(12)16/h2-8,10-11H,9H2,1H3. The number of benzene rings is 2. The van der Waals surface area contributed by atoms with E-state index in [4.69, 9.17) is 0 Å². The van der Waals surface area contributed by atoms with Crippen LogP contribution < -0.4 is 0 Å². The third-order valence-electron chi connectivity index (χ3n) is 3.27. The summed E-state index contributed by atoms with van der Waals surface area (Å²) >= 11 is 0. The van der Waals surface area contributed by atoms with Crippen LogP contribution in [-0.4, -0.2) is 0 Å². The predicted octanol–water partition coefficient (Wildman–Crippen LogP) is 4.23. The molecule has 1 aliphatic rings. The topological polar surface area (TPSA) is 0 Å². The first-order valence-electron chi connectivity index (χ1n) is 5.71. The predicted molar refractivity (Wildman–Crippen MR) is 69.4 cm³/mol. The molecule has 78 valence electrons. The number of hydrogen-bond donors (Lipinski definition) is 0. The van der Waals surface area contributed by atoms with E-state index in [1.165, 1.54) is 27.8 Å². The fourth-order valence-corrected chi connectivity index (χ4v) is 2.42. The van der Waals surface area contributed by atoms with Gasteiger partial charge in [-0.3, -0.25) is 0 Å². The second kappa shape index (κ2) is 3.64. The Bertz CT molecular complexity index is 548. The van der Waals surface area contributed by atoms with Crippen LogP contribution in [0.15, 0.2) is 48.5 Å². The highest BCUT2D eigenvalue weighted by molar-refractivity contribution is 5.77. The molecule has 0 aromatic heterocycles. The SMILES string of the molecule is Cc1ccc(-c2ccccc2)c2c1C=CC2. The summed E-state index contributed by atoms with van der Waals surface area (Å²) in [5.41, 5.74) is 6.98. The lowest BCUT2D eigenvalue weighted by atomic mass is 9.94. The zero-order valence-corrected chi connectivity index (χ0v) is 9.40. The Hall–Kier alpha value is -1.82. The Morgan fingerprint density at radius 1 is 0.938 bits per heavy atom. The molecule has 0 fully saturated rings. The smallest absolute Gasteiger partial charge is 0.00819 e. The van der Waals surface area contributed by atoms with Crippen LogP contribution in [0.1, 0.15) is 16.7 Å². The summed E-state index contributed by atoms with van der Waals surface area (Å²) in [6.07, 6.45) is 5.57. The average molecular weight is 206 g/mol. The van der Waals surface area contributed by atoms with Gasteiger partial charge in [0.2, 0.25) is 0 Å². The van der Waals surface area contributed by atoms with E-state index in [1.54, 1.807) is 0 Å². The number of aryl methyl sites for hydroxylation is 1. The lowest BCUT2D eigenvalue weighted by molar-refractivity contribution is 1.28. The van der Waals surface area contributed by atoms with E-state index in [0.717, 1.165) is 6.42 Å². The van der Waals surface area contributed by atoms with Crippen molar-refractivity contribution in [3.63, 3.8) is 0 Å². The molecular weight excluding hydrogens is 192 g/mol. The van der Waals surface area contributed by atoms with Crippen molar-refractivity contribution < 1.29 is 0 Å². The molecule has 0 unspecified atom stereocenters. The van der Waals surface area contributed by atoms with Gasteiger partial charge in [0.05, 0.1) is 0 Å². The highest BCUT2D eigenvalue weighted by Crippen LogP contribution is 2.32. The molecule has 16 heavy (non-hydrogen) atoms. The van der Waals surface area contributed by atoms with Crippen LogP contribution in [0.2, 0.25) is 0 Å². The number of hydrogen-bond acceptors (Lipinski definition) is 0. The van der Waals surface area contributed by atoms with Crippen molar-refractivity contribution in [1.82, 2.24) is 0 Å². The van der Waals surface area contributed by atoms with Crippen LogP contribution in [0.3, 0.4) is 0 Å². The van der Waals surface area contributed by atoms with Crippen LogP contribution in [0, 0.1) is 6.92 Å². The van der Waals surface area contributed by atoms with Gasteiger partial charge in [-0.15, -0.1) is 0 Å². The van der Waals surface area contributed by atoms with Crippen molar-refractivity contribution in [2.75, 3.05) is 0 Å². The molecule has 0 nitrogen and oxygen atoms in total. The molecule has 0 bridgehead atoms. The van der Waals surface area contributed by atoms with Crippen molar-refractivity contribution in [1.29, 1.82) is 0 Å². The lowest BCUT2D eigenvalue weighted by Crippen LogP contribution is -1.91. The first-order chi connectivity index (χ1) is 7.86. The Kier molecular flexibility index (Phi) is 2.14. The van der Waals surface area contributed by atoms with E-state index in [1.807, 2.05) is 0 Å². The minimum Gasteiger partial charge on any atom is -0.0795 e. The molecule has 2 aromatic carbocycles. The first-order valence-corrected chi connectivity index (χ1v) is 5.71. The third-order valence-corrected chi connectivity index (χ3v) is 3.27. The van der Waals surface area contributed by atoms with Crippen LogP contribution in [-0.2, 0) is 6.42 Å². The van der Waals surface area contributed by atoms with Gasteiger partial charge in [-0.05, 0) is 41.2 Å². The molecule has 1 aliphatic carbocycles. The highest BCUT2D eigenvalue weighted by Gasteiger charge is 2.13. The second-order valence-electron chi connectivity index (χ2n) is 4.29. The molecule has 0 heteroatoms. The summed E-state index contributed by atoms with van der Waals surface area (Å²) in [5.74, 6) is 0. The zero-order chi connectivity index (χ0) is 11.0. The second-order valence-corrected chi connectivity index (χ2v) is 4.29. The van der Waals surface area contributed by atoms with Gasteiger partial charge in [-0.25, -0.2) is 0 Å². The Morgan fingerprint density at radius 3 is 2.56 bits per heavy atom. The maximum absolute atomic E-state index is 2.25. The quantitative estimate of drug-likeness (QED) is 0.655. The summed E-state index contributed by atoms with van der Waals surface area (Å²) in [5, 5.41) is 0. The van der Waals surface area contributed by atoms with Gasteiger partial charge < -0.3 is 0 Å². The Labute approximate surface area is 96.3 Å². The van der Waals surface area contributed by atoms with Gasteiger partial charge in [0.25, 0.3) is 0 Å². The summed E-state index contributed by atoms with van der Waals surface area (Å²) in [4.78, 5) is 0. The van der Waals surface area contributed by atoms with E-state index in [9.17, 15) is 0 Å². The van der Waals surface area contributed by atoms with E-state index >= 15 is 0 Å². The number of allylic oxidation sites excluding steroid dienone is 1. The summed E-state index contributed by atoms with van der Waals surface area (Å²) in [7, 11) is 0. The molecule has 0 aliphatic heterocycles. The van der Waals surface area contributed by atoms with Gasteiger partial charge in [-0.1, -0.05) is 54.6 Å². The molecule has 0 spiro atoms. The maximum atomic E-state index is 2.25. The van der Waals surface area contributed by atoms with Crippen molar-refractivity contribution in [3.8, 4) is 11.1 Å². The van der Waals surface area contributed by atoms with Gasteiger partial charge in [0, 0.05) is 0 Å².